The van der Waals surface area contributed by atoms with E-state index in [0.717, 1.165) is 31.4 Å². The first kappa shape index (κ1) is 16.7. The van der Waals surface area contributed by atoms with E-state index in [1.54, 1.807) is 0 Å². The van der Waals surface area contributed by atoms with Crippen molar-refractivity contribution in [1.29, 1.82) is 0 Å². The van der Waals surface area contributed by atoms with Crippen LogP contribution < -0.4 is 10.1 Å². The predicted octanol–water partition coefficient (Wildman–Crippen LogP) is 2.55. The molecule has 1 amide bonds. The molecule has 1 saturated carbocycles. The van der Waals surface area contributed by atoms with E-state index >= 15 is 0 Å². The molecule has 122 valence electrons. The van der Waals surface area contributed by atoms with E-state index < -0.39 is 17.2 Å². The number of ether oxygens (including phenoxy) is 1. The Balaban J connectivity index is 1.67. The summed E-state index contributed by atoms with van der Waals surface area (Å²) in [4.78, 5) is 11.8. The molecular formula is C16H21F2NO3. The van der Waals surface area contributed by atoms with Crippen LogP contribution in [0, 0.1) is 11.6 Å². The summed E-state index contributed by atoms with van der Waals surface area (Å²) in [6.45, 7) is 0.392. The van der Waals surface area contributed by atoms with Crippen molar-refractivity contribution in [2.24, 2.45) is 0 Å². The first-order valence-corrected chi connectivity index (χ1v) is 7.55. The second-order valence-electron chi connectivity index (χ2n) is 5.74. The quantitative estimate of drug-likeness (QED) is 0.794. The molecule has 0 atom stereocenters. The Hall–Kier alpha value is -1.69. The number of aliphatic hydroxyl groups is 1. The molecule has 6 heteroatoms. The van der Waals surface area contributed by atoms with Gasteiger partial charge in [-0.2, -0.15) is 0 Å². The van der Waals surface area contributed by atoms with Crippen LogP contribution in [0.1, 0.15) is 38.5 Å². The van der Waals surface area contributed by atoms with Crippen molar-refractivity contribution >= 4 is 5.91 Å². The molecule has 0 bridgehead atoms. The van der Waals surface area contributed by atoms with Crippen LogP contribution in [0.5, 0.6) is 5.75 Å². The molecular weight excluding hydrogens is 292 g/mol. The van der Waals surface area contributed by atoms with Crippen LogP contribution in [-0.4, -0.2) is 29.8 Å². The third-order valence-corrected chi connectivity index (χ3v) is 3.86. The van der Waals surface area contributed by atoms with Gasteiger partial charge in [-0.15, -0.1) is 0 Å². The van der Waals surface area contributed by atoms with Crippen LogP contribution in [0.2, 0.25) is 0 Å². The van der Waals surface area contributed by atoms with Crippen LogP contribution in [0.4, 0.5) is 8.78 Å². The number of rotatable bonds is 6. The Labute approximate surface area is 128 Å². The average Bonchev–Trinajstić information content (AvgIpc) is 2.47. The van der Waals surface area contributed by atoms with Gasteiger partial charge < -0.3 is 15.2 Å². The van der Waals surface area contributed by atoms with Crippen molar-refractivity contribution in [2.45, 2.75) is 44.1 Å². The van der Waals surface area contributed by atoms with Gasteiger partial charge in [0.15, 0.2) is 11.6 Å². The molecule has 1 fully saturated rings. The van der Waals surface area contributed by atoms with Crippen molar-refractivity contribution in [3.8, 4) is 5.75 Å². The van der Waals surface area contributed by atoms with Gasteiger partial charge in [-0.25, -0.2) is 8.78 Å². The Kier molecular flexibility index (Phi) is 5.71. The van der Waals surface area contributed by atoms with Gasteiger partial charge in [-0.1, -0.05) is 19.3 Å². The topological polar surface area (TPSA) is 58.6 Å². The maximum absolute atomic E-state index is 13.0. The normalized spacial score (nSPS) is 17.0. The summed E-state index contributed by atoms with van der Waals surface area (Å²) in [7, 11) is 0. The summed E-state index contributed by atoms with van der Waals surface area (Å²) in [6, 6.07) is 3.27. The van der Waals surface area contributed by atoms with Gasteiger partial charge in [0, 0.05) is 6.07 Å². The van der Waals surface area contributed by atoms with Crippen molar-refractivity contribution in [3.63, 3.8) is 0 Å². The van der Waals surface area contributed by atoms with E-state index in [2.05, 4.69) is 5.32 Å². The smallest absolute Gasteiger partial charge is 0.223 e. The van der Waals surface area contributed by atoms with Crippen molar-refractivity contribution < 1.29 is 23.4 Å². The summed E-state index contributed by atoms with van der Waals surface area (Å²) >= 11 is 0. The predicted molar refractivity (Wildman–Crippen MR) is 77.5 cm³/mol. The molecule has 0 unspecified atom stereocenters. The lowest BCUT2D eigenvalue weighted by molar-refractivity contribution is -0.127. The van der Waals surface area contributed by atoms with Crippen LogP contribution in [0.3, 0.4) is 0 Å². The zero-order valence-corrected chi connectivity index (χ0v) is 12.4. The fourth-order valence-corrected chi connectivity index (χ4v) is 2.67. The highest BCUT2D eigenvalue weighted by Crippen LogP contribution is 2.30. The van der Waals surface area contributed by atoms with Crippen LogP contribution >= 0.6 is 0 Å². The standard InChI is InChI=1S/C16H21F2NO3/c17-13-5-4-12(10-14(13)18)22-9-8-19-15(20)11-16(21)6-2-1-3-7-16/h4-5,10,21H,1-3,6-9,11H2,(H,19,20). The van der Waals surface area contributed by atoms with Crippen LogP contribution in [-0.2, 0) is 4.79 Å². The van der Waals surface area contributed by atoms with Gasteiger partial charge >= 0.3 is 0 Å². The lowest BCUT2D eigenvalue weighted by Crippen LogP contribution is -2.39. The molecule has 1 aliphatic carbocycles. The molecule has 0 aromatic heterocycles. The minimum absolute atomic E-state index is 0.0954. The molecule has 1 aliphatic rings. The molecule has 0 aliphatic heterocycles. The van der Waals surface area contributed by atoms with Crippen molar-refractivity contribution in [2.75, 3.05) is 13.2 Å². The lowest BCUT2D eigenvalue weighted by Gasteiger charge is -2.31. The van der Waals surface area contributed by atoms with Gasteiger partial charge in [-0.05, 0) is 25.0 Å². The van der Waals surface area contributed by atoms with Gasteiger partial charge in [0.25, 0.3) is 0 Å². The second-order valence-corrected chi connectivity index (χ2v) is 5.74. The summed E-state index contributed by atoms with van der Waals surface area (Å²) < 4.78 is 30.9. The number of carbonyl (C=O) groups excluding carboxylic acids is 1. The third kappa shape index (κ3) is 4.94. The number of benzene rings is 1. The van der Waals surface area contributed by atoms with Gasteiger partial charge in [-0.3, -0.25) is 4.79 Å². The number of hydrogen-bond donors (Lipinski definition) is 2. The molecule has 0 saturated heterocycles. The highest BCUT2D eigenvalue weighted by Gasteiger charge is 2.31. The second kappa shape index (κ2) is 7.54. The summed E-state index contributed by atoms with van der Waals surface area (Å²) in [5, 5.41) is 12.9. The molecule has 0 heterocycles. The van der Waals surface area contributed by atoms with Crippen molar-refractivity contribution in [1.82, 2.24) is 5.32 Å². The minimum atomic E-state index is -0.971. The highest BCUT2D eigenvalue weighted by molar-refractivity contribution is 5.77. The Morgan fingerprint density at radius 1 is 1.23 bits per heavy atom. The number of amides is 1. The molecule has 0 spiro atoms. The van der Waals surface area contributed by atoms with Gasteiger partial charge in [0.2, 0.25) is 5.91 Å². The Bertz CT molecular complexity index is 516. The molecule has 4 nitrogen and oxygen atoms in total. The molecule has 2 rings (SSSR count). The first-order chi connectivity index (χ1) is 10.5. The first-order valence-electron chi connectivity index (χ1n) is 7.55. The highest BCUT2D eigenvalue weighted by atomic mass is 19.2. The fourth-order valence-electron chi connectivity index (χ4n) is 2.67. The van der Waals surface area contributed by atoms with Gasteiger partial charge in [0.05, 0.1) is 18.6 Å². The summed E-state index contributed by atoms with van der Waals surface area (Å²) in [6.07, 6.45) is 4.41. The molecule has 22 heavy (non-hydrogen) atoms. The van der Waals surface area contributed by atoms with E-state index in [1.807, 2.05) is 0 Å². The van der Waals surface area contributed by atoms with E-state index in [-0.39, 0.29) is 31.2 Å². The molecule has 1 aromatic rings. The number of carbonyl (C=O) groups is 1. The van der Waals surface area contributed by atoms with E-state index in [0.29, 0.717) is 12.8 Å². The maximum Gasteiger partial charge on any atom is 0.223 e. The zero-order chi connectivity index (χ0) is 16.0. The van der Waals surface area contributed by atoms with Crippen LogP contribution in [0.25, 0.3) is 0 Å². The summed E-state index contributed by atoms with van der Waals surface area (Å²) in [5.41, 5.74) is -0.886. The Morgan fingerprint density at radius 3 is 2.64 bits per heavy atom. The molecule has 0 radical (unpaired) electrons. The fraction of sp³-hybridized carbons (Fsp3) is 0.562. The Morgan fingerprint density at radius 2 is 1.95 bits per heavy atom. The van der Waals surface area contributed by atoms with Gasteiger partial charge in [0.1, 0.15) is 12.4 Å². The number of hydrogen-bond acceptors (Lipinski definition) is 3. The monoisotopic (exact) mass is 313 g/mol. The largest absolute Gasteiger partial charge is 0.492 e. The number of nitrogens with one attached hydrogen (secondary N) is 1. The number of halogens is 2. The minimum Gasteiger partial charge on any atom is -0.492 e. The lowest BCUT2D eigenvalue weighted by atomic mass is 9.82. The van der Waals surface area contributed by atoms with Crippen LogP contribution in [0.15, 0.2) is 18.2 Å². The average molecular weight is 313 g/mol. The van der Waals surface area contributed by atoms with E-state index in [1.165, 1.54) is 6.07 Å². The van der Waals surface area contributed by atoms with Crippen molar-refractivity contribution in [3.05, 3.63) is 29.8 Å². The summed E-state index contributed by atoms with van der Waals surface area (Å²) in [5.74, 6) is -1.92. The molecule has 1 aromatic carbocycles. The van der Waals surface area contributed by atoms with E-state index in [4.69, 9.17) is 4.74 Å². The molecule has 2 N–H and O–H groups in total. The van der Waals surface area contributed by atoms with E-state index in [9.17, 15) is 18.7 Å². The SMILES string of the molecule is O=C(CC1(O)CCCCC1)NCCOc1ccc(F)c(F)c1. The maximum atomic E-state index is 13.0. The third-order valence-electron chi connectivity index (χ3n) is 3.86. The zero-order valence-electron chi connectivity index (χ0n) is 12.4.